The molecule has 662 valence electrons. The van der Waals surface area contributed by atoms with Crippen molar-refractivity contribution in [3.8, 4) is 0 Å². The first kappa shape index (κ1) is 104. The molecule has 0 aromatic rings. The molecular weight excluding hydrogens is 1480 g/mol. The molecule has 0 spiro atoms. The Morgan fingerprint density at radius 3 is 1.16 bits per heavy atom. The van der Waals surface area contributed by atoms with Crippen molar-refractivity contribution in [2.24, 2.45) is 28.3 Å². The van der Waals surface area contributed by atoms with E-state index in [1.54, 1.807) is 27.0 Å². The van der Waals surface area contributed by atoms with Crippen molar-refractivity contribution < 1.29 is 132 Å². The van der Waals surface area contributed by atoms with E-state index in [-0.39, 0.29) is 170 Å². The van der Waals surface area contributed by atoms with E-state index >= 15 is 0 Å². The third kappa shape index (κ3) is 44.5. The van der Waals surface area contributed by atoms with Crippen molar-refractivity contribution in [3.63, 3.8) is 0 Å². The fourth-order valence-electron chi connectivity index (χ4n) is 13.6. The van der Waals surface area contributed by atoms with Crippen LogP contribution in [0.25, 0.3) is 0 Å². The maximum Gasteiger partial charge on any atom is 0.222 e. The first-order chi connectivity index (χ1) is 54.5. The maximum absolute atomic E-state index is 14.0. The Morgan fingerprint density at radius 2 is 0.746 bits per heavy atom. The van der Waals surface area contributed by atoms with Gasteiger partial charge in [0.1, 0.15) is 64.8 Å². The molecule has 114 heavy (non-hydrogen) atoms. The number of hydrogen-bond donors (Lipinski definition) is 12. The van der Waals surface area contributed by atoms with Gasteiger partial charge in [-0.2, -0.15) is 0 Å². The molecule has 3 heterocycles. The van der Waals surface area contributed by atoms with Crippen LogP contribution in [0.5, 0.6) is 0 Å². The maximum atomic E-state index is 14.0. The predicted octanol–water partition coefficient (Wildman–Crippen LogP) is 6.34. The van der Waals surface area contributed by atoms with Crippen molar-refractivity contribution in [1.82, 2.24) is 16.0 Å². The molecule has 15 atom stereocenters. The van der Waals surface area contributed by atoms with Gasteiger partial charge in [0.2, 0.25) is 17.7 Å². The van der Waals surface area contributed by atoms with E-state index in [4.69, 9.17) is 47.5 Å². The minimum atomic E-state index is -1.64. The summed E-state index contributed by atoms with van der Waals surface area (Å²) in [5, 5.41) is 103. The summed E-state index contributed by atoms with van der Waals surface area (Å²) >= 11 is 0. The number of carbonyl (C=O) groups is 8. The Bertz CT molecular complexity index is 2590. The van der Waals surface area contributed by atoms with Crippen LogP contribution in [0.1, 0.15) is 273 Å². The van der Waals surface area contributed by atoms with Crippen molar-refractivity contribution in [3.05, 3.63) is 0 Å². The molecule has 3 aliphatic heterocycles. The molecule has 0 saturated carbocycles. The van der Waals surface area contributed by atoms with Crippen LogP contribution in [0.4, 0.5) is 0 Å². The standard InChI is InChI=1S/C83H148N4O27/c1-59-73(99)75(101)67(51-88)112-78(59)108-45-27-24-35-62(91)31-19-16-21-33-64(93)40-48-105-56-83(87-72(98)39-23-15-13-11-9-8-10-12-14-18-37-66(95)54-111-86-55-81(4,5)6,57-106-49-41-65(94)34-22-17-20-32-63(92)36-25-28-46-109-79-60(2)74(100)76(102)68(52-89)113-79)58-107-50-42-71(97)85-44-30-43-84-70(96)38-26-29-47-110-80-61(3)77(103)82(7,104)69(53-90)114-80/h55,59-61,67-69,73-80,88-90,99-104H,8-54,56-58H2,1-7H3,(H,84,96)(H,85,97)(H,87,98)/t59-,60-,61-,67?,68?,69?,73?,74?,75-,76-,77?,78+,79+,80+,82-,83?/m1/s1. The van der Waals surface area contributed by atoms with Gasteiger partial charge in [0.05, 0.1) is 77.8 Å². The Morgan fingerprint density at radius 1 is 0.404 bits per heavy atom. The fraction of sp³-hybridized carbons (Fsp3) is 0.892. The van der Waals surface area contributed by atoms with Crippen LogP contribution in [0, 0.1) is 23.2 Å². The summed E-state index contributed by atoms with van der Waals surface area (Å²) in [5.41, 5.74) is -3.07. The van der Waals surface area contributed by atoms with E-state index in [9.17, 15) is 84.3 Å². The average Bonchev–Trinajstić information content (AvgIpc) is 0.751. The number of nitrogens with one attached hydrogen (secondary N) is 3. The topological polar surface area (TPSA) is 459 Å². The number of aliphatic hydroxyl groups is 9. The summed E-state index contributed by atoms with van der Waals surface area (Å²) < 4.78 is 52.8. The summed E-state index contributed by atoms with van der Waals surface area (Å²) in [6, 6.07) is 0. The molecule has 0 aromatic heterocycles. The minimum Gasteiger partial charge on any atom is -0.394 e. The van der Waals surface area contributed by atoms with Gasteiger partial charge in [-0.3, -0.25) is 38.4 Å². The molecule has 3 saturated heterocycles. The second-order valence-electron chi connectivity index (χ2n) is 32.8. The highest BCUT2D eigenvalue weighted by molar-refractivity contribution is 5.81. The number of carbonyl (C=O) groups excluding carboxylic acids is 8. The molecule has 31 heteroatoms. The van der Waals surface area contributed by atoms with Crippen molar-refractivity contribution in [2.45, 2.75) is 352 Å². The third-order valence-electron chi connectivity index (χ3n) is 21.1. The zero-order valence-electron chi connectivity index (χ0n) is 69.8. The Balaban J connectivity index is 1.55. The van der Waals surface area contributed by atoms with Gasteiger partial charge in [-0.15, -0.1) is 0 Å². The van der Waals surface area contributed by atoms with E-state index in [0.29, 0.717) is 129 Å². The van der Waals surface area contributed by atoms with Gasteiger partial charge < -0.3 is 109 Å². The molecule has 0 radical (unpaired) electrons. The van der Waals surface area contributed by atoms with Crippen molar-refractivity contribution >= 4 is 52.9 Å². The number of oxime groups is 1. The van der Waals surface area contributed by atoms with E-state index < -0.39 is 116 Å². The number of nitrogens with zero attached hydrogens (tertiary/aromatic N) is 1. The monoisotopic (exact) mass is 1630 g/mol. The van der Waals surface area contributed by atoms with Crippen molar-refractivity contribution in [1.29, 1.82) is 0 Å². The molecule has 3 amide bonds. The van der Waals surface area contributed by atoms with Crippen LogP contribution < -0.4 is 16.0 Å². The van der Waals surface area contributed by atoms with Crippen LogP contribution in [0.2, 0.25) is 0 Å². The number of aliphatic hydroxyl groups excluding tert-OH is 8. The van der Waals surface area contributed by atoms with Gasteiger partial charge in [-0.25, -0.2) is 0 Å². The summed E-state index contributed by atoms with van der Waals surface area (Å²) in [5.74, 6) is -2.19. The highest BCUT2D eigenvalue weighted by Gasteiger charge is 2.51. The number of ketones is 5. The number of ether oxygens (including phenoxy) is 9. The van der Waals surface area contributed by atoms with E-state index in [1.807, 2.05) is 20.8 Å². The normalized spacial score (nSPS) is 25.1. The molecule has 3 fully saturated rings. The van der Waals surface area contributed by atoms with E-state index in [1.165, 1.54) is 6.92 Å². The molecule has 0 aromatic carbocycles. The van der Waals surface area contributed by atoms with Crippen molar-refractivity contribution in [2.75, 3.05) is 99.0 Å². The summed E-state index contributed by atoms with van der Waals surface area (Å²) in [6.45, 7) is 11.9. The van der Waals surface area contributed by atoms with Crippen LogP contribution in [0.3, 0.4) is 0 Å². The molecule has 3 aliphatic rings. The lowest BCUT2D eigenvalue weighted by Gasteiger charge is -2.46. The smallest absolute Gasteiger partial charge is 0.222 e. The SMILES string of the molecule is C[C@@H]1C(O)[C@H](O)C(CO)O[C@@H]1OCCCCC(=O)CCCCCC(=O)CCOCC(COCCC(=O)CCCCCC(=O)CCCCO[C@H]1OC(CO)[C@@H](O)C(O)[C@H]1C)(COCCC(=O)NCCCNC(=O)CCCCO[C@H]1OC(CO)[C@@](C)(O)C(O)[C@H]1C)NC(=O)CCCCCCCCCCCCC(=O)CON=CC(C)(C)C. The summed E-state index contributed by atoms with van der Waals surface area (Å²) in [6.07, 6.45) is 10.4. The Hall–Kier alpha value is -4.49. The van der Waals surface area contributed by atoms with Crippen LogP contribution in [-0.4, -0.2) is 277 Å². The molecule has 3 rings (SSSR count). The number of rotatable bonds is 69. The fourth-order valence-corrected chi connectivity index (χ4v) is 13.6. The number of unbranched alkanes of at least 4 members (excludes halogenated alkanes) is 16. The molecule has 0 bridgehead atoms. The van der Waals surface area contributed by atoms with Crippen LogP contribution in [0.15, 0.2) is 5.16 Å². The number of amides is 3. The lowest BCUT2D eigenvalue weighted by molar-refractivity contribution is -0.311. The summed E-state index contributed by atoms with van der Waals surface area (Å²) in [4.78, 5) is 109. The quantitative estimate of drug-likeness (QED) is 0.0180. The zero-order chi connectivity index (χ0) is 84.2. The van der Waals surface area contributed by atoms with Gasteiger partial charge in [-0.05, 0) is 90.4 Å². The Kier molecular flexibility index (Phi) is 54.6. The Labute approximate surface area is 677 Å². The molecule has 0 aliphatic carbocycles. The predicted molar refractivity (Wildman–Crippen MR) is 423 cm³/mol. The van der Waals surface area contributed by atoms with Crippen LogP contribution in [-0.2, 0) is 85.8 Å². The lowest BCUT2D eigenvalue weighted by Crippen LogP contribution is -2.62. The van der Waals surface area contributed by atoms with Gasteiger partial charge in [0, 0.05) is 139 Å². The number of Topliss-reactive ketones (excluding diaryl/α,β-unsaturated/α-hetero) is 5. The highest BCUT2D eigenvalue weighted by Crippen LogP contribution is 2.35. The van der Waals surface area contributed by atoms with E-state index in [2.05, 4.69) is 21.1 Å². The second kappa shape index (κ2) is 60.1. The zero-order valence-corrected chi connectivity index (χ0v) is 69.8. The van der Waals surface area contributed by atoms with E-state index in [0.717, 1.165) is 57.8 Å². The minimum absolute atomic E-state index is 0.0124. The molecular formula is C83H148N4O27. The largest absolute Gasteiger partial charge is 0.394 e. The number of hydrogen-bond acceptors (Lipinski definition) is 28. The third-order valence-corrected chi connectivity index (χ3v) is 21.1. The first-order valence-corrected chi connectivity index (χ1v) is 42.6. The van der Waals surface area contributed by atoms with Gasteiger partial charge >= 0.3 is 0 Å². The molecule has 6 unspecified atom stereocenters. The van der Waals surface area contributed by atoms with Gasteiger partial charge in [0.15, 0.2) is 31.3 Å². The van der Waals surface area contributed by atoms with Gasteiger partial charge in [-0.1, -0.05) is 111 Å². The van der Waals surface area contributed by atoms with Gasteiger partial charge in [0.25, 0.3) is 0 Å². The van der Waals surface area contributed by atoms with Crippen LogP contribution >= 0.6 is 0 Å². The summed E-state index contributed by atoms with van der Waals surface area (Å²) in [7, 11) is 0. The first-order valence-electron chi connectivity index (χ1n) is 42.6. The molecule has 31 nitrogen and oxygen atoms in total. The molecule has 12 N–H and O–H groups in total. The highest BCUT2D eigenvalue weighted by atomic mass is 16.7. The lowest BCUT2D eigenvalue weighted by atomic mass is 9.82. The average molecular weight is 1630 g/mol. The second-order valence-corrected chi connectivity index (χ2v) is 32.8.